The van der Waals surface area contributed by atoms with Gasteiger partial charge in [0.15, 0.2) is 6.10 Å². The number of fused-ring (bicyclic) bond motifs is 1. The van der Waals surface area contributed by atoms with E-state index in [0.717, 1.165) is 22.2 Å². The number of carboxylic acid groups (broad SMARTS) is 1. The molecule has 0 aliphatic carbocycles. The predicted octanol–water partition coefficient (Wildman–Crippen LogP) is 3.77. The number of nitrogens with zero attached hydrogens (tertiary/aromatic N) is 3. The zero-order valence-electron chi connectivity index (χ0n) is 18.1. The monoisotopic (exact) mass is 425 g/mol. The fourth-order valence-electron chi connectivity index (χ4n) is 3.43. The lowest BCUT2D eigenvalue weighted by molar-refractivity contribution is -0.153. The van der Waals surface area contributed by atoms with Crippen molar-refractivity contribution in [2.45, 2.75) is 39.0 Å². The fourth-order valence-corrected chi connectivity index (χ4v) is 3.43. The maximum absolute atomic E-state index is 12.5. The molecular weight excluding hydrogens is 398 g/mol. The van der Waals surface area contributed by atoms with Crippen LogP contribution in [0.2, 0.25) is 0 Å². The molecule has 3 rings (SSSR count). The highest BCUT2D eigenvalue weighted by molar-refractivity contribution is 5.91. The van der Waals surface area contributed by atoms with Crippen molar-refractivity contribution in [3.8, 4) is 0 Å². The summed E-state index contributed by atoms with van der Waals surface area (Å²) in [5, 5.41) is 9.44. The average molecular weight is 425 g/mol. The Morgan fingerprint density at radius 2 is 1.90 bits per heavy atom. The molecule has 0 radical (unpaired) electrons. The van der Waals surface area contributed by atoms with Crippen LogP contribution in [0, 0.1) is 0 Å². The first kappa shape index (κ1) is 22.3. The first-order valence-corrected chi connectivity index (χ1v) is 10.0. The molecule has 0 fully saturated rings. The van der Waals surface area contributed by atoms with Crippen molar-refractivity contribution in [1.29, 1.82) is 0 Å². The van der Waals surface area contributed by atoms with Gasteiger partial charge in [-0.15, -0.1) is 0 Å². The van der Waals surface area contributed by atoms with Crippen LogP contribution in [-0.2, 0) is 34.3 Å². The Hall–Kier alpha value is -3.39. The smallest absolute Gasteiger partial charge is 0.414 e. The van der Waals surface area contributed by atoms with E-state index in [1.54, 1.807) is 20.2 Å². The minimum absolute atomic E-state index is 0.194. The van der Waals surface area contributed by atoms with Gasteiger partial charge in [0, 0.05) is 19.2 Å². The van der Waals surface area contributed by atoms with E-state index in [9.17, 15) is 14.7 Å². The van der Waals surface area contributed by atoms with E-state index in [0.29, 0.717) is 5.69 Å². The minimum atomic E-state index is -1.00. The van der Waals surface area contributed by atoms with Gasteiger partial charge in [0.05, 0.1) is 37.1 Å². The Morgan fingerprint density at radius 3 is 2.58 bits per heavy atom. The molecule has 2 aromatic carbocycles. The molecule has 1 N–H and O–H groups in total. The van der Waals surface area contributed by atoms with E-state index >= 15 is 0 Å². The number of rotatable bonds is 8. The standard InChI is InChI=1S/C23H27N3O5/c1-15(2)31-21(22(27)28)11-16-6-5-7-17(10-16)13-26(23(29)30-4)18-8-9-19-20(12-18)25(3)14-24-19/h5-10,12,14-15,21H,11,13H2,1-4H3,(H,27,28)/t21-/m0/s1. The number of methoxy groups -OCH3 is 1. The van der Waals surface area contributed by atoms with E-state index in [-0.39, 0.29) is 19.1 Å². The van der Waals surface area contributed by atoms with E-state index in [4.69, 9.17) is 9.47 Å². The van der Waals surface area contributed by atoms with Crippen molar-refractivity contribution in [1.82, 2.24) is 9.55 Å². The minimum Gasteiger partial charge on any atom is -0.479 e. The molecule has 0 saturated heterocycles. The van der Waals surface area contributed by atoms with Gasteiger partial charge in [0.25, 0.3) is 0 Å². The number of aliphatic carboxylic acids is 1. The highest BCUT2D eigenvalue weighted by Gasteiger charge is 2.21. The number of carbonyl (C=O) groups is 2. The van der Waals surface area contributed by atoms with Gasteiger partial charge in [-0.2, -0.15) is 0 Å². The fraction of sp³-hybridized carbons (Fsp3) is 0.348. The van der Waals surface area contributed by atoms with Gasteiger partial charge in [0.2, 0.25) is 0 Å². The number of anilines is 1. The van der Waals surface area contributed by atoms with E-state index in [1.165, 1.54) is 12.0 Å². The normalized spacial score (nSPS) is 12.2. The number of carboxylic acids is 1. The van der Waals surface area contributed by atoms with Crippen LogP contribution < -0.4 is 4.90 Å². The Balaban J connectivity index is 1.86. The summed E-state index contributed by atoms with van der Waals surface area (Å²) in [7, 11) is 3.23. The summed E-state index contributed by atoms with van der Waals surface area (Å²) < 4.78 is 12.4. The summed E-state index contributed by atoms with van der Waals surface area (Å²) in [5.74, 6) is -1.00. The number of aryl methyl sites for hydroxylation is 1. The third-order valence-corrected chi connectivity index (χ3v) is 4.88. The summed E-state index contributed by atoms with van der Waals surface area (Å²) in [6.07, 6.45) is 0.345. The van der Waals surface area contributed by atoms with Crippen LogP contribution in [0.1, 0.15) is 25.0 Å². The van der Waals surface area contributed by atoms with Crippen molar-refractivity contribution < 1.29 is 24.2 Å². The molecule has 1 atom stereocenters. The lowest BCUT2D eigenvalue weighted by Crippen LogP contribution is -2.30. The second-order valence-electron chi connectivity index (χ2n) is 7.62. The van der Waals surface area contributed by atoms with E-state index in [1.807, 2.05) is 54.1 Å². The average Bonchev–Trinajstić information content (AvgIpc) is 3.11. The summed E-state index contributed by atoms with van der Waals surface area (Å²) in [4.78, 5) is 29.9. The molecule has 164 valence electrons. The third kappa shape index (κ3) is 5.40. The number of carbonyl (C=O) groups excluding carboxylic acids is 1. The second kappa shape index (κ2) is 9.61. The number of aromatic nitrogens is 2. The predicted molar refractivity (Wildman–Crippen MR) is 117 cm³/mol. The molecule has 0 aliphatic rings. The molecule has 0 aliphatic heterocycles. The summed E-state index contributed by atoms with van der Waals surface area (Å²) >= 11 is 0. The number of hydrogen-bond donors (Lipinski definition) is 1. The molecule has 1 heterocycles. The number of benzene rings is 2. The molecule has 0 spiro atoms. The van der Waals surface area contributed by atoms with Gasteiger partial charge in [-0.05, 0) is 43.2 Å². The number of amides is 1. The van der Waals surface area contributed by atoms with Crippen LogP contribution in [0.25, 0.3) is 11.0 Å². The molecule has 8 heteroatoms. The van der Waals surface area contributed by atoms with Crippen LogP contribution in [0.15, 0.2) is 48.8 Å². The molecule has 8 nitrogen and oxygen atoms in total. The number of imidazole rings is 1. The van der Waals surface area contributed by atoms with Gasteiger partial charge >= 0.3 is 12.1 Å². The highest BCUT2D eigenvalue weighted by atomic mass is 16.5. The molecule has 0 saturated carbocycles. The largest absolute Gasteiger partial charge is 0.479 e. The maximum Gasteiger partial charge on any atom is 0.414 e. The molecule has 1 aromatic heterocycles. The zero-order chi connectivity index (χ0) is 22.5. The molecule has 0 unspecified atom stereocenters. The maximum atomic E-state index is 12.5. The summed E-state index contributed by atoms with van der Waals surface area (Å²) in [5.41, 5.74) is 4.08. The van der Waals surface area contributed by atoms with E-state index in [2.05, 4.69) is 4.98 Å². The first-order valence-electron chi connectivity index (χ1n) is 10.0. The van der Waals surface area contributed by atoms with Gasteiger partial charge in [-0.25, -0.2) is 14.6 Å². The Kier molecular flexibility index (Phi) is 6.91. The molecule has 0 bridgehead atoms. The Labute approximate surface area is 181 Å². The topological polar surface area (TPSA) is 93.9 Å². The van der Waals surface area contributed by atoms with Crippen molar-refractivity contribution in [2.75, 3.05) is 12.0 Å². The zero-order valence-corrected chi connectivity index (χ0v) is 18.1. The second-order valence-corrected chi connectivity index (χ2v) is 7.62. The third-order valence-electron chi connectivity index (χ3n) is 4.88. The summed E-state index contributed by atoms with van der Waals surface area (Å²) in [6, 6.07) is 13.1. The van der Waals surface area contributed by atoms with Crippen LogP contribution >= 0.6 is 0 Å². The Bertz CT molecular complexity index is 1080. The van der Waals surface area contributed by atoms with Gasteiger partial charge in [-0.3, -0.25) is 4.90 Å². The Morgan fingerprint density at radius 1 is 1.16 bits per heavy atom. The SMILES string of the molecule is COC(=O)N(Cc1cccc(C[C@H](OC(C)C)C(=O)O)c1)c1ccc2ncn(C)c2c1. The van der Waals surface area contributed by atoms with Gasteiger partial charge < -0.3 is 19.1 Å². The first-order chi connectivity index (χ1) is 14.8. The summed E-state index contributed by atoms with van der Waals surface area (Å²) in [6.45, 7) is 3.88. The van der Waals surface area contributed by atoms with Crippen molar-refractivity contribution in [2.24, 2.45) is 7.05 Å². The van der Waals surface area contributed by atoms with Crippen LogP contribution in [0.3, 0.4) is 0 Å². The number of ether oxygens (including phenoxy) is 2. The van der Waals surface area contributed by atoms with Gasteiger partial charge in [-0.1, -0.05) is 24.3 Å². The van der Waals surface area contributed by atoms with Crippen LogP contribution in [0.4, 0.5) is 10.5 Å². The highest BCUT2D eigenvalue weighted by Crippen LogP contribution is 2.24. The van der Waals surface area contributed by atoms with E-state index < -0.39 is 18.2 Å². The van der Waals surface area contributed by atoms with Crippen molar-refractivity contribution >= 4 is 28.8 Å². The molecule has 31 heavy (non-hydrogen) atoms. The molecule has 3 aromatic rings. The van der Waals surface area contributed by atoms with Crippen molar-refractivity contribution in [3.63, 3.8) is 0 Å². The molecule has 1 amide bonds. The molecular formula is C23H27N3O5. The van der Waals surface area contributed by atoms with Crippen molar-refractivity contribution in [3.05, 3.63) is 59.9 Å². The van der Waals surface area contributed by atoms with Crippen LogP contribution in [0.5, 0.6) is 0 Å². The lowest BCUT2D eigenvalue weighted by atomic mass is 10.0. The van der Waals surface area contributed by atoms with Crippen LogP contribution in [-0.4, -0.2) is 46.0 Å². The lowest BCUT2D eigenvalue weighted by Gasteiger charge is -2.22. The van der Waals surface area contributed by atoms with Gasteiger partial charge in [0.1, 0.15) is 0 Å². The quantitative estimate of drug-likeness (QED) is 0.591. The number of hydrogen-bond acceptors (Lipinski definition) is 5.